The third-order valence-electron chi connectivity index (χ3n) is 2.58. The molecule has 0 aliphatic carbocycles. The molecule has 2 rings (SSSR count). The number of nitrogens with zero attached hydrogens (tertiary/aromatic N) is 1. The van der Waals surface area contributed by atoms with Crippen LogP contribution >= 0.6 is 27.3 Å². The maximum absolute atomic E-state index is 12.9. The Morgan fingerprint density at radius 2 is 2.22 bits per heavy atom. The van der Waals surface area contributed by atoms with Gasteiger partial charge >= 0.3 is 0 Å². The summed E-state index contributed by atoms with van der Waals surface area (Å²) in [6.45, 7) is 1.94. The Balaban J connectivity index is 2.00. The summed E-state index contributed by atoms with van der Waals surface area (Å²) in [5.74, 6) is -0.282. The van der Waals surface area contributed by atoms with Crippen molar-refractivity contribution in [3.8, 4) is 0 Å². The highest BCUT2D eigenvalue weighted by Gasteiger charge is 2.11. The first-order valence-corrected chi connectivity index (χ1v) is 7.25. The van der Waals surface area contributed by atoms with Crippen LogP contribution < -0.4 is 0 Å². The SMILES string of the molecule is Cc1nc(CC(O)Cc2ccc(F)cc2Br)cs1. The fraction of sp³-hybridized carbons (Fsp3) is 0.308. The molecule has 18 heavy (non-hydrogen) atoms. The molecule has 0 bridgehead atoms. The Morgan fingerprint density at radius 3 is 2.83 bits per heavy atom. The summed E-state index contributed by atoms with van der Waals surface area (Å²) in [5, 5.41) is 13.0. The number of hydrogen-bond acceptors (Lipinski definition) is 3. The molecule has 0 amide bonds. The number of aliphatic hydroxyl groups excluding tert-OH is 1. The second-order valence-corrected chi connectivity index (χ2v) is 6.07. The zero-order valence-corrected chi connectivity index (χ0v) is 12.3. The molecule has 1 atom stereocenters. The van der Waals surface area contributed by atoms with E-state index in [1.165, 1.54) is 12.1 Å². The first-order chi connectivity index (χ1) is 8.54. The van der Waals surface area contributed by atoms with Gasteiger partial charge in [-0.15, -0.1) is 11.3 Å². The molecule has 0 spiro atoms. The van der Waals surface area contributed by atoms with Crippen LogP contribution in [0.3, 0.4) is 0 Å². The molecular weight excluding hydrogens is 317 g/mol. The number of halogens is 2. The maximum Gasteiger partial charge on any atom is 0.124 e. The van der Waals surface area contributed by atoms with Crippen molar-refractivity contribution >= 4 is 27.3 Å². The van der Waals surface area contributed by atoms with Crippen molar-refractivity contribution in [2.24, 2.45) is 0 Å². The van der Waals surface area contributed by atoms with E-state index in [2.05, 4.69) is 20.9 Å². The van der Waals surface area contributed by atoms with Crippen LogP contribution in [0.2, 0.25) is 0 Å². The molecule has 2 aromatic rings. The molecule has 0 aliphatic heterocycles. The summed E-state index contributed by atoms with van der Waals surface area (Å²) < 4.78 is 13.6. The number of aromatic nitrogens is 1. The number of aliphatic hydroxyl groups is 1. The van der Waals surface area contributed by atoms with Crippen LogP contribution in [0, 0.1) is 12.7 Å². The highest BCUT2D eigenvalue weighted by Crippen LogP contribution is 2.20. The molecule has 0 saturated carbocycles. The molecule has 0 saturated heterocycles. The number of hydrogen-bond donors (Lipinski definition) is 1. The minimum absolute atomic E-state index is 0.282. The first kappa shape index (κ1) is 13.6. The van der Waals surface area contributed by atoms with Gasteiger partial charge in [-0.25, -0.2) is 9.37 Å². The van der Waals surface area contributed by atoms with Crippen molar-refractivity contribution < 1.29 is 9.50 Å². The molecule has 0 fully saturated rings. The minimum atomic E-state index is -0.506. The Hall–Kier alpha value is -0.780. The van der Waals surface area contributed by atoms with Crippen LogP contribution in [0.15, 0.2) is 28.1 Å². The van der Waals surface area contributed by atoms with Gasteiger partial charge in [0.1, 0.15) is 5.82 Å². The van der Waals surface area contributed by atoms with Crippen molar-refractivity contribution in [3.63, 3.8) is 0 Å². The lowest BCUT2D eigenvalue weighted by Crippen LogP contribution is -2.14. The molecule has 2 nitrogen and oxygen atoms in total. The Labute approximate surface area is 118 Å². The smallest absolute Gasteiger partial charge is 0.124 e. The second kappa shape index (κ2) is 5.91. The van der Waals surface area contributed by atoms with Crippen LogP contribution in [0.5, 0.6) is 0 Å². The summed E-state index contributed by atoms with van der Waals surface area (Å²) >= 11 is 4.88. The highest BCUT2D eigenvalue weighted by atomic mass is 79.9. The third-order valence-corrected chi connectivity index (χ3v) is 4.14. The van der Waals surface area contributed by atoms with Gasteiger partial charge in [-0.05, 0) is 31.0 Å². The molecule has 1 N–H and O–H groups in total. The molecule has 1 unspecified atom stereocenters. The average molecular weight is 330 g/mol. The van der Waals surface area contributed by atoms with E-state index in [4.69, 9.17) is 0 Å². The van der Waals surface area contributed by atoms with E-state index in [1.54, 1.807) is 17.4 Å². The fourth-order valence-electron chi connectivity index (χ4n) is 1.76. The van der Waals surface area contributed by atoms with E-state index in [0.717, 1.165) is 16.3 Å². The second-order valence-electron chi connectivity index (χ2n) is 4.16. The zero-order chi connectivity index (χ0) is 13.1. The number of aryl methyl sites for hydroxylation is 1. The van der Waals surface area contributed by atoms with Crippen LogP contribution in [0.1, 0.15) is 16.3 Å². The highest BCUT2D eigenvalue weighted by molar-refractivity contribution is 9.10. The number of rotatable bonds is 4. The average Bonchev–Trinajstić information content (AvgIpc) is 2.68. The van der Waals surface area contributed by atoms with E-state index in [1.807, 2.05) is 12.3 Å². The molecule has 96 valence electrons. The minimum Gasteiger partial charge on any atom is -0.392 e. The Morgan fingerprint density at radius 1 is 1.44 bits per heavy atom. The molecule has 0 radical (unpaired) electrons. The normalized spacial score (nSPS) is 12.7. The quantitative estimate of drug-likeness (QED) is 0.931. The van der Waals surface area contributed by atoms with Crippen molar-refractivity contribution in [1.82, 2.24) is 4.98 Å². The van der Waals surface area contributed by atoms with Crippen LogP contribution in [-0.4, -0.2) is 16.2 Å². The largest absolute Gasteiger partial charge is 0.392 e. The van der Waals surface area contributed by atoms with Gasteiger partial charge in [-0.3, -0.25) is 0 Å². The van der Waals surface area contributed by atoms with Crippen molar-refractivity contribution in [2.75, 3.05) is 0 Å². The predicted molar refractivity (Wildman–Crippen MR) is 74.4 cm³/mol. The molecule has 1 aromatic carbocycles. The predicted octanol–water partition coefficient (Wildman–Crippen LogP) is 3.50. The van der Waals surface area contributed by atoms with E-state index in [9.17, 15) is 9.50 Å². The van der Waals surface area contributed by atoms with Gasteiger partial charge in [0.15, 0.2) is 0 Å². The van der Waals surface area contributed by atoms with Crippen LogP contribution in [0.25, 0.3) is 0 Å². The summed E-state index contributed by atoms with van der Waals surface area (Å²) in [4.78, 5) is 4.32. The number of benzene rings is 1. The van der Waals surface area contributed by atoms with Gasteiger partial charge < -0.3 is 5.11 Å². The standard InChI is InChI=1S/C13H13BrFNOS/c1-8-16-11(7-18-8)6-12(17)4-9-2-3-10(15)5-13(9)14/h2-3,5,7,12,17H,4,6H2,1H3. The van der Waals surface area contributed by atoms with E-state index >= 15 is 0 Å². The monoisotopic (exact) mass is 329 g/mol. The molecule has 0 aliphatic rings. The van der Waals surface area contributed by atoms with E-state index in [-0.39, 0.29) is 5.82 Å². The third kappa shape index (κ3) is 3.60. The maximum atomic E-state index is 12.9. The fourth-order valence-corrected chi connectivity index (χ4v) is 2.89. The zero-order valence-electron chi connectivity index (χ0n) is 9.86. The van der Waals surface area contributed by atoms with E-state index in [0.29, 0.717) is 17.3 Å². The summed E-state index contributed by atoms with van der Waals surface area (Å²) in [6.07, 6.45) is 0.499. The van der Waals surface area contributed by atoms with Gasteiger partial charge in [0.05, 0.1) is 16.8 Å². The lowest BCUT2D eigenvalue weighted by atomic mass is 10.0. The Kier molecular flexibility index (Phi) is 4.48. The summed E-state index contributed by atoms with van der Waals surface area (Å²) in [5.41, 5.74) is 1.80. The lowest BCUT2D eigenvalue weighted by molar-refractivity contribution is 0.174. The van der Waals surface area contributed by atoms with Gasteiger partial charge in [-0.1, -0.05) is 22.0 Å². The summed E-state index contributed by atoms with van der Waals surface area (Å²) in [6, 6.07) is 4.50. The molecule has 1 heterocycles. The van der Waals surface area contributed by atoms with Gasteiger partial charge in [0, 0.05) is 16.3 Å². The van der Waals surface area contributed by atoms with Crippen molar-refractivity contribution in [1.29, 1.82) is 0 Å². The van der Waals surface area contributed by atoms with Crippen molar-refractivity contribution in [2.45, 2.75) is 25.9 Å². The lowest BCUT2D eigenvalue weighted by Gasteiger charge is -2.10. The van der Waals surface area contributed by atoms with Crippen molar-refractivity contribution in [3.05, 3.63) is 50.1 Å². The molecule has 1 aromatic heterocycles. The topological polar surface area (TPSA) is 33.1 Å². The Bertz CT molecular complexity index is 544. The van der Waals surface area contributed by atoms with Gasteiger partial charge in [0.2, 0.25) is 0 Å². The first-order valence-electron chi connectivity index (χ1n) is 5.57. The number of thiazole rings is 1. The van der Waals surface area contributed by atoms with Gasteiger partial charge in [-0.2, -0.15) is 0 Å². The van der Waals surface area contributed by atoms with Crippen LogP contribution in [-0.2, 0) is 12.8 Å². The summed E-state index contributed by atoms with van der Waals surface area (Å²) in [7, 11) is 0. The molecular formula is C13H13BrFNOS. The van der Waals surface area contributed by atoms with Crippen LogP contribution in [0.4, 0.5) is 4.39 Å². The van der Waals surface area contributed by atoms with E-state index < -0.39 is 6.10 Å². The van der Waals surface area contributed by atoms with Gasteiger partial charge in [0.25, 0.3) is 0 Å². The molecule has 5 heteroatoms.